The van der Waals surface area contributed by atoms with E-state index in [4.69, 9.17) is 9.47 Å². The molecular formula is C15H26N2O3. The molecule has 0 aromatic carbocycles. The van der Waals surface area contributed by atoms with Gasteiger partial charge in [-0.2, -0.15) is 0 Å². The number of rotatable bonds is 5. The average Bonchev–Trinajstić information content (AvgIpc) is 2.34. The molecule has 0 N–H and O–H groups in total. The van der Waals surface area contributed by atoms with Crippen LogP contribution in [0.4, 0.5) is 0 Å². The number of carbonyl (C=O) groups is 1. The molecule has 1 amide bonds. The first-order chi connectivity index (χ1) is 9.34. The van der Waals surface area contributed by atoms with Gasteiger partial charge in [-0.1, -0.05) is 5.92 Å². The molecule has 0 aromatic heterocycles. The van der Waals surface area contributed by atoms with Crippen LogP contribution < -0.4 is 0 Å². The van der Waals surface area contributed by atoms with Gasteiger partial charge >= 0.3 is 0 Å². The predicted molar refractivity (Wildman–Crippen MR) is 78.4 cm³/mol. The van der Waals surface area contributed by atoms with Gasteiger partial charge in [0, 0.05) is 27.2 Å². The van der Waals surface area contributed by atoms with E-state index in [1.165, 1.54) is 4.90 Å². The summed E-state index contributed by atoms with van der Waals surface area (Å²) in [6.07, 6.45) is -0.0210. The second-order valence-electron chi connectivity index (χ2n) is 5.90. The highest BCUT2D eigenvalue weighted by Crippen LogP contribution is 2.20. The molecule has 0 aromatic rings. The minimum Gasteiger partial charge on any atom is -0.369 e. The van der Waals surface area contributed by atoms with Crippen molar-refractivity contribution in [1.82, 2.24) is 9.80 Å². The summed E-state index contributed by atoms with van der Waals surface area (Å²) in [5.74, 6) is 5.96. The summed E-state index contributed by atoms with van der Waals surface area (Å²) in [7, 11) is 3.44. The zero-order chi connectivity index (χ0) is 15.2. The second-order valence-corrected chi connectivity index (χ2v) is 5.90. The van der Waals surface area contributed by atoms with E-state index in [1.54, 1.807) is 14.1 Å². The highest BCUT2D eigenvalue weighted by molar-refractivity contribution is 5.76. The maximum atomic E-state index is 11.4. The molecule has 1 aliphatic heterocycles. The van der Waals surface area contributed by atoms with Gasteiger partial charge in [0.2, 0.25) is 5.91 Å². The van der Waals surface area contributed by atoms with E-state index in [1.807, 2.05) is 6.92 Å². The molecule has 0 spiro atoms. The molecule has 1 heterocycles. The lowest BCUT2D eigenvalue weighted by atomic mass is 10.1. The van der Waals surface area contributed by atoms with Crippen LogP contribution >= 0.6 is 0 Å². The Kier molecular flexibility index (Phi) is 6.47. The standard InChI is InChI=1S/C15H26N2O3/c1-6-7-8-17-9-13(20-15(2,3)12-17)10-19-11-14(18)16(4)5/h13H,8-12H2,1-5H3. The van der Waals surface area contributed by atoms with Crippen molar-refractivity contribution in [2.24, 2.45) is 0 Å². The number of ether oxygens (including phenoxy) is 2. The Morgan fingerprint density at radius 2 is 2.20 bits per heavy atom. The molecule has 114 valence electrons. The van der Waals surface area contributed by atoms with Crippen LogP contribution in [0.5, 0.6) is 0 Å². The maximum absolute atomic E-state index is 11.4. The lowest BCUT2D eigenvalue weighted by Crippen LogP contribution is -2.54. The summed E-state index contributed by atoms with van der Waals surface area (Å²) in [6, 6.07) is 0. The first-order valence-corrected chi connectivity index (χ1v) is 6.92. The fourth-order valence-corrected chi connectivity index (χ4v) is 2.22. The van der Waals surface area contributed by atoms with Crippen molar-refractivity contribution in [3.63, 3.8) is 0 Å². The second kappa shape index (κ2) is 7.63. The number of carbonyl (C=O) groups excluding carboxylic acids is 1. The minimum absolute atomic E-state index is 0.0210. The molecule has 0 radical (unpaired) electrons. The molecule has 20 heavy (non-hydrogen) atoms. The Labute approximate surface area is 122 Å². The maximum Gasteiger partial charge on any atom is 0.248 e. The van der Waals surface area contributed by atoms with Crippen molar-refractivity contribution in [3.05, 3.63) is 0 Å². The Bertz CT molecular complexity index is 382. The quantitative estimate of drug-likeness (QED) is 0.692. The third-order valence-corrected chi connectivity index (χ3v) is 3.06. The smallest absolute Gasteiger partial charge is 0.248 e. The van der Waals surface area contributed by atoms with E-state index in [2.05, 4.69) is 30.6 Å². The van der Waals surface area contributed by atoms with Gasteiger partial charge in [-0.25, -0.2) is 0 Å². The molecule has 1 rings (SSSR count). The fraction of sp³-hybridized carbons (Fsp3) is 0.800. The molecule has 1 saturated heterocycles. The van der Waals surface area contributed by atoms with Crippen LogP contribution in [0.15, 0.2) is 0 Å². The van der Waals surface area contributed by atoms with Gasteiger partial charge in [0.15, 0.2) is 0 Å². The monoisotopic (exact) mass is 282 g/mol. The van der Waals surface area contributed by atoms with Crippen LogP contribution in [0.2, 0.25) is 0 Å². The van der Waals surface area contributed by atoms with Gasteiger partial charge in [0.1, 0.15) is 6.61 Å². The number of likely N-dealkylation sites (N-methyl/N-ethyl adjacent to an activating group) is 1. The van der Waals surface area contributed by atoms with E-state index in [-0.39, 0.29) is 24.2 Å². The van der Waals surface area contributed by atoms with E-state index < -0.39 is 0 Å². The molecule has 0 bridgehead atoms. The lowest BCUT2D eigenvalue weighted by molar-refractivity contribution is -0.158. The SMILES string of the molecule is CC#CCN1CC(COCC(=O)N(C)C)OC(C)(C)C1. The molecule has 0 aliphatic carbocycles. The van der Waals surface area contributed by atoms with Gasteiger partial charge in [0.05, 0.1) is 24.9 Å². The van der Waals surface area contributed by atoms with Crippen LogP contribution in [-0.2, 0) is 14.3 Å². The van der Waals surface area contributed by atoms with Crippen LogP contribution in [0.25, 0.3) is 0 Å². The normalized spacial score (nSPS) is 21.9. The first-order valence-electron chi connectivity index (χ1n) is 6.92. The van der Waals surface area contributed by atoms with Gasteiger partial charge < -0.3 is 14.4 Å². The summed E-state index contributed by atoms with van der Waals surface area (Å²) in [5, 5.41) is 0. The van der Waals surface area contributed by atoms with Crippen LogP contribution in [0.3, 0.4) is 0 Å². The van der Waals surface area contributed by atoms with Crippen LogP contribution in [0.1, 0.15) is 20.8 Å². The molecule has 1 unspecified atom stereocenters. The predicted octanol–water partition coefficient (Wildman–Crippen LogP) is 0.594. The number of morpholine rings is 1. The van der Waals surface area contributed by atoms with Crippen molar-refractivity contribution in [2.45, 2.75) is 32.5 Å². The molecular weight excluding hydrogens is 256 g/mol. The summed E-state index contributed by atoms with van der Waals surface area (Å²) in [6.45, 7) is 8.90. The Hall–Kier alpha value is -1.09. The van der Waals surface area contributed by atoms with Crippen molar-refractivity contribution >= 4 is 5.91 Å². The van der Waals surface area contributed by atoms with Crippen LogP contribution in [-0.4, -0.2) is 74.4 Å². The highest BCUT2D eigenvalue weighted by Gasteiger charge is 2.33. The molecule has 5 nitrogen and oxygen atoms in total. The molecule has 1 atom stereocenters. The Morgan fingerprint density at radius 1 is 1.50 bits per heavy atom. The van der Waals surface area contributed by atoms with Gasteiger partial charge in [-0.3, -0.25) is 9.69 Å². The van der Waals surface area contributed by atoms with Gasteiger partial charge in [-0.15, -0.1) is 5.92 Å². The van der Waals surface area contributed by atoms with Gasteiger partial charge in [0.25, 0.3) is 0 Å². The van der Waals surface area contributed by atoms with Crippen LogP contribution in [0, 0.1) is 11.8 Å². The van der Waals surface area contributed by atoms with Crippen molar-refractivity contribution in [1.29, 1.82) is 0 Å². The zero-order valence-electron chi connectivity index (χ0n) is 13.2. The topological polar surface area (TPSA) is 42.0 Å². The largest absolute Gasteiger partial charge is 0.369 e. The summed E-state index contributed by atoms with van der Waals surface area (Å²) in [4.78, 5) is 15.2. The number of hydrogen-bond acceptors (Lipinski definition) is 4. The summed E-state index contributed by atoms with van der Waals surface area (Å²) in [5.41, 5.74) is -0.215. The highest BCUT2D eigenvalue weighted by atomic mass is 16.5. The molecule has 5 heteroatoms. The fourth-order valence-electron chi connectivity index (χ4n) is 2.22. The molecule has 1 fully saturated rings. The first kappa shape index (κ1) is 17.0. The Morgan fingerprint density at radius 3 is 2.80 bits per heavy atom. The number of nitrogens with zero attached hydrogens (tertiary/aromatic N) is 2. The van der Waals surface area contributed by atoms with E-state index in [9.17, 15) is 4.79 Å². The number of hydrogen-bond donors (Lipinski definition) is 0. The lowest BCUT2D eigenvalue weighted by Gasteiger charge is -2.42. The zero-order valence-corrected chi connectivity index (χ0v) is 13.2. The third kappa shape index (κ3) is 5.91. The summed E-state index contributed by atoms with van der Waals surface area (Å²) < 4.78 is 11.4. The van der Waals surface area contributed by atoms with Gasteiger partial charge in [-0.05, 0) is 20.8 Å². The van der Waals surface area contributed by atoms with Crippen molar-refractivity contribution in [3.8, 4) is 11.8 Å². The minimum atomic E-state index is -0.215. The van der Waals surface area contributed by atoms with Crippen molar-refractivity contribution < 1.29 is 14.3 Å². The van der Waals surface area contributed by atoms with E-state index >= 15 is 0 Å². The summed E-state index contributed by atoms with van der Waals surface area (Å²) >= 11 is 0. The van der Waals surface area contributed by atoms with E-state index in [0.29, 0.717) is 6.61 Å². The van der Waals surface area contributed by atoms with Crippen molar-refractivity contribution in [2.75, 3.05) is 46.9 Å². The molecule has 0 saturated carbocycles. The number of amides is 1. The third-order valence-electron chi connectivity index (χ3n) is 3.06. The molecule has 1 aliphatic rings. The Balaban J connectivity index is 2.43. The average molecular weight is 282 g/mol. The van der Waals surface area contributed by atoms with E-state index in [0.717, 1.165) is 19.6 Å².